The van der Waals surface area contributed by atoms with Crippen LogP contribution in [0.3, 0.4) is 0 Å². The van der Waals surface area contributed by atoms with Crippen molar-refractivity contribution in [3.05, 3.63) is 23.3 Å². The number of hydrogen-bond donors (Lipinski definition) is 1. The number of likely N-dealkylation sites (tertiary alicyclic amines) is 1. The summed E-state index contributed by atoms with van der Waals surface area (Å²) < 4.78 is 0. The average Bonchev–Trinajstić information content (AvgIpc) is 2.74. The van der Waals surface area contributed by atoms with Crippen molar-refractivity contribution in [3.8, 4) is 0 Å². The van der Waals surface area contributed by atoms with Crippen LogP contribution in [0.4, 0.5) is 0 Å². The summed E-state index contributed by atoms with van der Waals surface area (Å²) in [4.78, 5) is 11.7. The Labute approximate surface area is 116 Å². The van der Waals surface area contributed by atoms with Crippen molar-refractivity contribution in [2.75, 3.05) is 26.7 Å². The predicted octanol–water partition coefficient (Wildman–Crippen LogP) is 1.73. The number of likely N-dealkylation sites (N-methyl/N-ethyl adjacent to an activating group) is 1. The summed E-state index contributed by atoms with van der Waals surface area (Å²) in [6.45, 7) is 9.32. The van der Waals surface area contributed by atoms with E-state index in [9.17, 15) is 0 Å². The zero-order chi connectivity index (χ0) is 14.0. The highest BCUT2D eigenvalue weighted by Gasteiger charge is 2.24. The lowest BCUT2D eigenvalue weighted by Crippen LogP contribution is -2.27. The van der Waals surface area contributed by atoms with Crippen LogP contribution in [-0.4, -0.2) is 41.5 Å². The summed E-state index contributed by atoms with van der Waals surface area (Å²) in [5, 5.41) is 0. The van der Waals surface area contributed by atoms with Crippen molar-refractivity contribution in [2.45, 2.75) is 39.5 Å². The minimum absolute atomic E-state index is 0.0670. The van der Waals surface area contributed by atoms with E-state index >= 15 is 0 Å². The Hall–Kier alpha value is -1.00. The second kappa shape index (κ2) is 5.55. The first-order chi connectivity index (χ1) is 8.89. The molecule has 1 atom stereocenters. The third kappa shape index (κ3) is 3.74. The third-order valence-corrected chi connectivity index (χ3v) is 3.92. The number of aromatic nitrogens is 2. The molecule has 2 N–H and O–H groups in total. The SMILES string of the molecule is Cc1cc(C2CCN(C)C2)nc(CC(C)(C)CN)n1. The quantitative estimate of drug-likeness (QED) is 0.898. The van der Waals surface area contributed by atoms with Crippen LogP contribution in [0.15, 0.2) is 6.07 Å². The fraction of sp³-hybridized carbons (Fsp3) is 0.733. The first-order valence-electron chi connectivity index (χ1n) is 7.13. The van der Waals surface area contributed by atoms with Gasteiger partial charge in [-0.1, -0.05) is 13.8 Å². The van der Waals surface area contributed by atoms with E-state index in [4.69, 9.17) is 10.7 Å². The van der Waals surface area contributed by atoms with Crippen LogP contribution in [0.1, 0.15) is 43.4 Å². The Morgan fingerprint density at radius 2 is 2.16 bits per heavy atom. The van der Waals surface area contributed by atoms with Crippen LogP contribution >= 0.6 is 0 Å². The molecule has 4 nitrogen and oxygen atoms in total. The summed E-state index contributed by atoms with van der Waals surface area (Å²) in [6.07, 6.45) is 2.05. The molecule has 0 aliphatic carbocycles. The first-order valence-corrected chi connectivity index (χ1v) is 7.13. The standard InChI is InChI=1S/C15H26N4/c1-11-7-13(12-5-6-19(4)9-12)18-14(17-11)8-15(2,3)10-16/h7,12H,5-6,8-10,16H2,1-4H3. The molecule has 1 aliphatic heterocycles. The Kier molecular flexibility index (Phi) is 4.21. The molecule has 0 amide bonds. The maximum Gasteiger partial charge on any atom is 0.129 e. The third-order valence-electron chi connectivity index (χ3n) is 3.92. The molecule has 0 bridgehead atoms. The second-order valence-corrected chi connectivity index (χ2v) is 6.64. The van der Waals surface area contributed by atoms with Crippen LogP contribution < -0.4 is 5.73 Å². The summed E-state index contributed by atoms with van der Waals surface area (Å²) >= 11 is 0. The lowest BCUT2D eigenvalue weighted by Gasteiger charge is -2.22. The van der Waals surface area contributed by atoms with Gasteiger partial charge in [-0.05, 0) is 45.0 Å². The van der Waals surface area contributed by atoms with E-state index in [0.29, 0.717) is 12.5 Å². The first kappa shape index (κ1) is 14.4. The Balaban J connectivity index is 2.20. The topological polar surface area (TPSA) is 55.0 Å². The number of hydrogen-bond acceptors (Lipinski definition) is 4. The molecular weight excluding hydrogens is 236 g/mol. The molecule has 1 saturated heterocycles. The van der Waals surface area contributed by atoms with Crippen LogP contribution in [0.5, 0.6) is 0 Å². The van der Waals surface area contributed by atoms with Gasteiger partial charge in [0, 0.05) is 30.3 Å². The van der Waals surface area contributed by atoms with Crippen molar-refractivity contribution in [3.63, 3.8) is 0 Å². The van der Waals surface area contributed by atoms with Gasteiger partial charge in [0.05, 0.1) is 0 Å². The maximum atomic E-state index is 5.81. The lowest BCUT2D eigenvalue weighted by molar-refractivity contribution is 0.366. The summed E-state index contributed by atoms with van der Waals surface area (Å²) in [5.74, 6) is 1.51. The van der Waals surface area contributed by atoms with E-state index in [0.717, 1.165) is 31.0 Å². The van der Waals surface area contributed by atoms with Crippen molar-refractivity contribution < 1.29 is 0 Å². The highest BCUT2D eigenvalue weighted by Crippen LogP contribution is 2.26. The molecule has 2 heterocycles. The minimum atomic E-state index is 0.0670. The van der Waals surface area contributed by atoms with E-state index in [1.165, 1.54) is 12.1 Å². The van der Waals surface area contributed by atoms with E-state index in [-0.39, 0.29) is 5.41 Å². The molecule has 2 rings (SSSR count). The molecular formula is C15H26N4. The predicted molar refractivity (Wildman–Crippen MR) is 78.2 cm³/mol. The van der Waals surface area contributed by atoms with Crippen LogP contribution in [-0.2, 0) is 6.42 Å². The number of nitrogens with zero attached hydrogens (tertiary/aromatic N) is 3. The Bertz CT molecular complexity index is 442. The molecule has 0 radical (unpaired) electrons. The molecule has 1 fully saturated rings. The maximum absolute atomic E-state index is 5.81. The van der Waals surface area contributed by atoms with Crippen molar-refractivity contribution in [1.29, 1.82) is 0 Å². The fourth-order valence-corrected chi connectivity index (χ4v) is 2.62. The van der Waals surface area contributed by atoms with Gasteiger partial charge in [-0.15, -0.1) is 0 Å². The molecule has 1 aliphatic rings. The molecule has 19 heavy (non-hydrogen) atoms. The van der Waals surface area contributed by atoms with Gasteiger partial charge in [0.2, 0.25) is 0 Å². The van der Waals surface area contributed by atoms with Gasteiger partial charge in [-0.2, -0.15) is 0 Å². The summed E-state index contributed by atoms with van der Waals surface area (Å²) in [6, 6.07) is 2.14. The van der Waals surface area contributed by atoms with Gasteiger partial charge in [0.15, 0.2) is 0 Å². The average molecular weight is 262 g/mol. The Morgan fingerprint density at radius 3 is 2.74 bits per heavy atom. The summed E-state index contributed by atoms with van der Waals surface area (Å²) in [5.41, 5.74) is 8.16. The highest BCUT2D eigenvalue weighted by atomic mass is 15.1. The largest absolute Gasteiger partial charge is 0.330 e. The minimum Gasteiger partial charge on any atom is -0.330 e. The zero-order valence-electron chi connectivity index (χ0n) is 12.6. The molecule has 1 aromatic rings. The van der Waals surface area contributed by atoms with Crippen molar-refractivity contribution >= 4 is 0 Å². The van der Waals surface area contributed by atoms with Crippen LogP contribution in [0.2, 0.25) is 0 Å². The van der Waals surface area contributed by atoms with E-state index < -0.39 is 0 Å². The van der Waals surface area contributed by atoms with Gasteiger partial charge in [-0.3, -0.25) is 0 Å². The molecule has 1 unspecified atom stereocenters. The summed E-state index contributed by atoms with van der Waals surface area (Å²) in [7, 11) is 2.17. The van der Waals surface area contributed by atoms with Crippen molar-refractivity contribution in [1.82, 2.24) is 14.9 Å². The van der Waals surface area contributed by atoms with E-state index in [2.05, 4.69) is 43.8 Å². The van der Waals surface area contributed by atoms with E-state index in [1.807, 2.05) is 0 Å². The van der Waals surface area contributed by atoms with Crippen LogP contribution in [0, 0.1) is 12.3 Å². The normalized spacial score (nSPS) is 21.0. The van der Waals surface area contributed by atoms with E-state index in [1.54, 1.807) is 0 Å². The molecule has 0 aromatic carbocycles. The second-order valence-electron chi connectivity index (χ2n) is 6.64. The Morgan fingerprint density at radius 1 is 1.42 bits per heavy atom. The number of nitrogens with two attached hydrogens (primary N) is 1. The fourth-order valence-electron chi connectivity index (χ4n) is 2.62. The van der Waals surface area contributed by atoms with Gasteiger partial charge in [0.1, 0.15) is 5.82 Å². The van der Waals surface area contributed by atoms with Gasteiger partial charge >= 0.3 is 0 Å². The number of rotatable bonds is 4. The monoisotopic (exact) mass is 262 g/mol. The molecule has 0 spiro atoms. The van der Waals surface area contributed by atoms with Gasteiger partial charge in [-0.25, -0.2) is 9.97 Å². The molecule has 1 aromatic heterocycles. The number of aryl methyl sites for hydroxylation is 1. The zero-order valence-corrected chi connectivity index (χ0v) is 12.6. The molecule has 106 valence electrons. The molecule has 4 heteroatoms. The lowest BCUT2D eigenvalue weighted by atomic mass is 9.89. The highest BCUT2D eigenvalue weighted by molar-refractivity contribution is 5.16. The van der Waals surface area contributed by atoms with Crippen LogP contribution in [0.25, 0.3) is 0 Å². The molecule has 0 saturated carbocycles. The van der Waals surface area contributed by atoms with Gasteiger partial charge < -0.3 is 10.6 Å². The smallest absolute Gasteiger partial charge is 0.129 e. The van der Waals surface area contributed by atoms with Gasteiger partial charge in [0.25, 0.3) is 0 Å². The van der Waals surface area contributed by atoms with Crippen molar-refractivity contribution in [2.24, 2.45) is 11.1 Å².